The molecule has 0 bridgehead atoms. The zero-order chi connectivity index (χ0) is 7.28. The Morgan fingerprint density at radius 2 is 1.89 bits per heavy atom. The molecule has 50 valence electrons. The van der Waals surface area contributed by atoms with Crippen molar-refractivity contribution < 1.29 is 4.79 Å². The van der Waals surface area contributed by atoms with E-state index in [-0.39, 0.29) is 0 Å². The third-order valence-electron chi connectivity index (χ3n) is 0.925. The van der Waals surface area contributed by atoms with Crippen LogP contribution in [-0.2, 0) is 4.79 Å². The van der Waals surface area contributed by atoms with Crippen LogP contribution in [0.5, 0.6) is 0 Å². The maximum atomic E-state index is 10.2. The zero-order valence-electron chi connectivity index (χ0n) is 6.14. The van der Waals surface area contributed by atoms with Crippen LogP contribution in [0.15, 0.2) is 23.3 Å². The third-order valence-corrected chi connectivity index (χ3v) is 0.925. The Kier molecular flexibility index (Phi) is 3.69. The van der Waals surface area contributed by atoms with Crippen molar-refractivity contribution in [2.24, 2.45) is 0 Å². The molecule has 0 unspecified atom stereocenters. The Morgan fingerprint density at radius 3 is 2.00 bits per heavy atom. The maximum absolute atomic E-state index is 10.2. The molecular weight excluding hydrogens is 112 g/mol. The molecule has 1 heteroatoms. The summed E-state index contributed by atoms with van der Waals surface area (Å²) < 4.78 is 0. The van der Waals surface area contributed by atoms with Gasteiger partial charge in [-0.3, -0.25) is 4.79 Å². The molecule has 0 aliphatic carbocycles. The number of carbonyl (C=O) groups is 1. The smallest absolute Gasteiger partial charge is 0.149 e. The van der Waals surface area contributed by atoms with E-state index in [0.717, 1.165) is 17.4 Å². The topological polar surface area (TPSA) is 17.1 Å². The summed E-state index contributed by atoms with van der Waals surface area (Å²) in [5, 5.41) is 0. The molecule has 0 spiro atoms. The van der Waals surface area contributed by atoms with Gasteiger partial charge in [0.25, 0.3) is 0 Å². The fraction of sp³-hybridized carbons (Fsp3) is 0.375. The number of carbonyl (C=O) groups excluding carboxylic acids is 1. The van der Waals surface area contributed by atoms with Crippen LogP contribution in [0.25, 0.3) is 0 Å². The lowest BCUT2D eigenvalue weighted by Gasteiger charge is -1.87. The maximum Gasteiger partial charge on any atom is 0.149 e. The number of rotatable bonds is 2. The average molecular weight is 124 g/mol. The number of aldehydes is 1. The van der Waals surface area contributed by atoms with Crippen molar-refractivity contribution in [1.82, 2.24) is 0 Å². The van der Waals surface area contributed by atoms with Crippen molar-refractivity contribution in [2.45, 2.75) is 20.8 Å². The zero-order valence-corrected chi connectivity index (χ0v) is 6.14. The molecule has 0 rings (SSSR count). The molecule has 0 heterocycles. The van der Waals surface area contributed by atoms with Gasteiger partial charge in [0.1, 0.15) is 6.29 Å². The van der Waals surface area contributed by atoms with Gasteiger partial charge < -0.3 is 0 Å². The Balaban J connectivity index is 4.18. The van der Waals surface area contributed by atoms with Crippen LogP contribution in [0.3, 0.4) is 0 Å². The van der Waals surface area contributed by atoms with Crippen LogP contribution in [0.4, 0.5) is 0 Å². The van der Waals surface area contributed by atoms with Gasteiger partial charge in [0.15, 0.2) is 0 Å². The first-order chi connectivity index (χ1) is 4.20. The van der Waals surface area contributed by atoms with Crippen LogP contribution in [0.1, 0.15) is 20.8 Å². The van der Waals surface area contributed by atoms with Gasteiger partial charge in [0.05, 0.1) is 0 Å². The quantitative estimate of drug-likeness (QED) is 0.313. The van der Waals surface area contributed by atoms with Crippen molar-refractivity contribution >= 4 is 6.29 Å². The Labute approximate surface area is 56.1 Å². The summed E-state index contributed by atoms with van der Waals surface area (Å²) in [5.74, 6) is 0. The van der Waals surface area contributed by atoms with Crippen LogP contribution in [0.2, 0.25) is 0 Å². The first kappa shape index (κ1) is 8.15. The Bertz CT molecular complexity index is 148. The molecule has 0 atom stereocenters. The van der Waals surface area contributed by atoms with Gasteiger partial charge in [0.2, 0.25) is 0 Å². The van der Waals surface area contributed by atoms with Crippen LogP contribution in [0, 0.1) is 0 Å². The van der Waals surface area contributed by atoms with Gasteiger partial charge in [-0.05, 0) is 20.8 Å². The lowest BCUT2D eigenvalue weighted by atomic mass is 10.2. The van der Waals surface area contributed by atoms with E-state index in [1.165, 1.54) is 0 Å². The van der Waals surface area contributed by atoms with Crippen molar-refractivity contribution in [1.29, 1.82) is 0 Å². The molecule has 0 aromatic rings. The summed E-state index contributed by atoms with van der Waals surface area (Å²) in [6.45, 7) is 5.78. The molecular formula is C8H12O. The highest BCUT2D eigenvalue weighted by molar-refractivity contribution is 5.77. The fourth-order valence-corrected chi connectivity index (χ4v) is 0.519. The van der Waals surface area contributed by atoms with Gasteiger partial charge in [-0.25, -0.2) is 0 Å². The van der Waals surface area contributed by atoms with Crippen molar-refractivity contribution in [3.05, 3.63) is 23.3 Å². The van der Waals surface area contributed by atoms with E-state index in [2.05, 4.69) is 0 Å². The largest absolute Gasteiger partial charge is 0.298 e. The van der Waals surface area contributed by atoms with Gasteiger partial charge in [-0.2, -0.15) is 0 Å². The summed E-state index contributed by atoms with van der Waals surface area (Å²) >= 11 is 0. The molecule has 0 N–H and O–H groups in total. The van der Waals surface area contributed by atoms with Crippen LogP contribution in [-0.4, -0.2) is 6.29 Å². The fourth-order valence-electron chi connectivity index (χ4n) is 0.519. The minimum Gasteiger partial charge on any atom is -0.298 e. The third kappa shape index (κ3) is 3.71. The molecule has 0 aromatic carbocycles. The molecule has 9 heavy (non-hydrogen) atoms. The average Bonchev–Trinajstić information content (AvgIpc) is 1.82. The highest BCUT2D eigenvalue weighted by Gasteiger charge is 1.84. The molecule has 0 aromatic heterocycles. The molecule has 0 radical (unpaired) electrons. The van der Waals surface area contributed by atoms with E-state index in [1.54, 1.807) is 6.08 Å². The lowest BCUT2D eigenvalue weighted by molar-refractivity contribution is -0.104. The highest BCUT2D eigenvalue weighted by atomic mass is 16.1. The van der Waals surface area contributed by atoms with E-state index in [1.807, 2.05) is 26.8 Å². The molecule has 0 aliphatic rings. The minimum atomic E-state index is 0.745. The molecule has 0 saturated carbocycles. The van der Waals surface area contributed by atoms with Crippen molar-refractivity contribution in [2.75, 3.05) is 0 Å². The van der Waals surface area contributed by atoms with E-state index in [9.17, 15) is 4.79 Å². The monoisotopic (exact) mass is 124 g/mol. The second kappa shape index (κ2) is 4.07. The van der Waals surface area contributed by atoms with Crippen LogP contribution < -0.4 is 0 Å². The predicted octanol–water partition coefficient (Wildman–Crippen LogP) is 2.10. The number of allylic oxidation sites excluding steroid dienone is 4. The van der Waals surface area contributed by atoms with E-state index >= 15 is 0 Å². The number of hydrogen-bond acceptors (Lipinski definition) is 1. The van der Waals surface area contributed by atoms with Gasteiger partial charge in [-0.1, -0.05) is 17.7 Å². The molecule has 0 saturated heterocycles. The molecule has 0 fully saturated rings. The summed E-state index contributed by atoms with van der Waals surface area (Å²) in [4.78, 5) is 10.2. The molecule has 1 nitrogen and oxygen atoms in total. The Morgan fingerprint density at radius 1 is 1.33 bits per heavy atom. The van der Waals surface area contributed by atoms with Crippen LogP contribution >= 0.6 is 0 Å². The summed E-state index contributed by atoms with van der Waals surface area (Å²) in [7, 11) is 0. The molecule has 0 aliphatic heterocycles. The Hall–Kier alpha value is -0.850. The van der Waals surface area contributed by atoms with E-state index < -0.39 is 0 Å². The second-order valence-corrected chi connectivity index (χ2v) is 2.13. The standard InChI is InChI=1S/C8H12O/c1-4-8(6-9)5-7(2)3/h4-6H,1-3H3/b8-4+. The normalized spacial score (nSPS) is 10.8. The SMILES string of the molecule is C/C=C(/C=O)C=C(C)C. The summed E-state index contributed by atoms with van der Waals surface area (Å²) in [6, 6.07) is 0. The van der Waals surface area contributed by atoms with Gasteiger partial charge in [-0.15, -0.1) is 0 Å². The van der Waals surface area contributed by atoms with Crippen molar-refractivity contribution in [3.8, 4) is 0 Å². The van der Waals surface area contributed by atoms with E-state index in [4.69, 9.17) is 0 Å². The first-order valence-electron chi connectivity index (χ1n) is 2.97. The van der Waals surface area contributed by atoms with Crippen molar-refractivity contribution in [3.63, 3.8) is 0 Å². The second-order valence-electron chi connectivity index (χ2n) is 2.13. The predicted molar refractivity (Wildman–Crippen MR) is 39.3 cm³/mol. The van der Waals surface area contributed by atoms with E-state index in [0.29, 0.717) is 0 Å². The minimum absolute atomic E-state index is 0.745. The lowest BCUT2D eigenvalue weighted by Crippen LogP contribution is -1.77. The van der Waals surface area contributed by atoms with Gasteiger partial charge >= 0.3 is 0 Å². The summed E-state index contributed by atoms with van der Waals surface area (Å²) in [5.41, 5.74) is 1.89. The van der Waals surface area contributed by atoms with Gasteiger partial charge in [0, 0.05) is 5.57 Å². The first-order valence-corrected chi connectivity index (χ1v) is 2.97. The number of hydrogen-bond donors (Lipinski definition) is 0. The summed E-state index contributed by atoms with van der Waals surface area (Å²) in [6.07, 6.45) is 4.50. The molecule has 0 amide bonds. The highest BCUT2D eigenvalue weighted by Crippen LogP contribution is 1.97.